The summed E-state index contributed by atoms with van der Waals surface area (Å²) in [5, 5.41) is 16.8. The number of nitrogens with one attached hydrogen (secondary N) is 3. The minimum atomic E-state index is -1.69. The number of aromatic nitrogens is 2. The zero-order valence-electron chi connectivity index (χ0n) is 25.8. The van der Waals surface area contributed by atoms with Gasteiger partial charge in [0, 0.05) is 24.9 Å². The summed E-state index contributed by atoms with van der Waals surface area (Å²) in [6.07, 6.45) is 1.61. The summed E-state index contributed by atoms with van der Waals surface area (Å²) in [4.78, 5) is 61.3. The molecule has 4 rings (SSSR count). The van der Waals surface area contributed by atoms with E-state index in [0.717, 1.165) is 11.1 Å². The van der Waals surface area contributed by atoms with Crippen LogP contribution >= 0.6 is 0 Å². The highest BCUT2D eigenvalue weighted by Crippen LogP contribution is 2.23. The molecule has 0 unspecified atom stereocenters. The van der Waals surface area contributed by atoms with Crippen LogP contribution in [0.5, 0.6) is 0 Å². The van der Waals surface area contributed by atoms with Crippen molar-refractivity contribution in [3.8, 4) is 0 Å². The Bertz CT molecular complexity index is 1410. The smallest absolute Gasteiger partial charge is 0.408 e. The van der Waals surface area contributed by atoms with E-state index in [9.17, 15) is 24.3 Å². The maximum absolute atomic E-state index is 13.7. The number of hydrogen-bond donors (Lipinski definition) is 4. The van der Waals surface area contributed by atoms with Gasteiger partial charge in [0.05, 0.1) is 12.4 Å². The maximum atomic E-state index is 13.7. The van der Waals surface area contributed by atoms with Crippen LogP contribution in [0.25, 0.3) is 0 Å². The van der Waals surface area contributed by atoms with Crippen LogP contribution < -0.4 is 10.6 Å². The standard InChI is InChI=1S/C33H41N5O7/c1-33(2,3)45-31(42)27-15-10-16-38(27)30(41)28(39)25(17-22-11-6-4-7-12-22)36-29(40)26(18-24-19-34-21-35-24)37-32(43)44-20-23-13-8-5-9-14-23/h4-9,11-14,19,21,25-28,39H,10,15-18,20H2,1-3H3,(H,34,35)(H,36,40)(H,37,43)/t25-,26-,27-,28-/m0/s1. The number of rotatable bonds is 12. The molecule has 3 amide bonds. The van der Waals surface area contributed by atoms with Crippen molar-refractivity contribution >= 4 is 23.9 Å². The quantitative estimate of drug-likeness (QED) is 0.225. The van der Waals surface area contributed by atoms with E-state index in [-0.39, 0.29) is 26.0 Å². The molecule has 1 aromatic heterocycles. The molecular weight excluding hydrogens is 578 g/mol. The Hall–Kier alpha value is -4.71. The number of aromatic amines is 1. The zero-order chi connectivity index (χ0) is 32.4. The Labute approximate surface area is 262 Å². The Morgan fingerprint density at radius 1 is 1.00 bits per heavy atom. The van der Waals surface area contributed by atoms with E-state index >= 15 is 0 Å². The molecule has 0 aliphatic carbocycles. The van der Waals surface area contributed by atoms with Crippen LogP contribution in [0.15, 0.2) is 73.2 Å². The molecule has 3 aromatic rings. The first-order valence-electron chi connectivity index (χ1n) is 15.0. The third kappa shape index (κ3) is 9.90. The first-order valence-corrected chi connectivity index (χ1v) is 15.0. The number of amides is 3. The molecule has 240 valence electrons. The van der Waals surface area contributed by atoms with Gasteiger partial charge in [-0.05, 0) is 51.2 Å². The molecule has 2 aromatic carbocycles. The van der Waals surface area contributed by atoms with Gasteiger partial charge in [0.2, 0.25) is 5.91 Å². The second-order valence-electron chi connectivity index (χ2n) is 12.0. The number of aliphatic hydroxyl groups is 1. The van der Waals surface area contributed by atoms with E-state index in [4.69, 9.17) is 9.47 Å². The molecule has 0 bridgehead atoms. The number of nitrogens with zero attached hydrogens (tertiary/aromatic N) is 2. The van der Waals surface area contributed by atoms with Crippen molar-refractivity contribution in [3.05, 3.63) is 90.0 Å². The van der Waals surface area contributed by atoms with Crippen LogP contribution in [0.3, 0.4) is 0 Å². The average molecular weight is 620 g/mol. The minimum absolute atomic E-state index is 0.00354. The minimum Gasteiger partial charge on any atom is -0.458 e. The Kier molecular flexibility index (Phi) is 11.3. The Morgan fingerprint density at radius 3 is 2.29 bits per heavy atom. The molecular formula is C33H41N5O7. The predicted molar refractivity (Wildman–Crippen MR) is 165 cm³/mol. The van der Waals surface area contributed by atoms with E-state index in [2.05, 4.69) is 20.6 Å². The average Bonchev–Trinajstić information content (AvgIpc) is 3.72. The Balaban J connectivity index is 1.51. The summed E-state index contributed by atoms with van der Waals surface area (Å²) in [7, 11) is 0. The number of H-pyrrole nitrogens is 1. The molecule has 1 aliphatic heterocycles. The molecule has 0 saturated carbocycles. The number of alkyl carbamates (subject to hydrolysis) is 1. The zero-order valence-corrected chi connectivity index (χ0v) is 25.8. The van der Waals surface area contributed by atoms with Gasteiger partial charge in [-0.3, -0.25) is 9.59 Å². The van der Waals surface area contributed by atoms with Gasteiger partial charge >= 0.3 is 12.1 Å². The molecule has 2 heterocycles. The van der Waals surface area contributed by atoms with Gasteiger partial charge in [-0.2, -0.15) is 0 Å². The predicted octanol–water partition coefficient (Wildman–Crippen LogP) is 2.67. The van der Waals surface area contributed by atoms with Crippen LogP contribution in [0.2, 0.25) is 0 Å². The van der Waals surface area contributed by atoms with Crippen LogP contribution in [0.4, 0.5) is 4.79 Å². The van der Waals surface area contributed by atoms with Crippen LogP contribution in [0, 0.1) is 0 Å². The Morgan fingerprint density at radius 2 is 1.67 bits per heavy atom. The second-order valence-corrected chi connectivity index (χ2v) is 12.0. The molecule has 12 heteroatoms. The van der Waals surface area contributed by atoms with E-state index in [1.165, 1.54) is 17.4 Å². The molecule has 12 nitrogen and oxygen atoms in total. The topological polar surface area (TPSA) is 163 Å². The number of carbonyl (C=O) groups is 4. The summed E-state index contributed by atoms with van der Waals surface area (Å²) < 4.78 is 10.9. The highest BCUT2D eigenvalue weighted by molar-refractivity contribution is 5.90. The van der Waals surface area contributed by atoms with Crippen molar-refractivity contribution in [2.24, 2.45) is 0 Å². The third-order valence-corrected chi connectivity index (χ3v) is 7.28. The molecule has 0 radical (unpaired) electrons. The fourth-order valence-electron chi connectivity index (χ4n) is 5.11. The number of ether oxygens (including phenoxy) is 2. The first-order chi connectivity index (χ1) is 21.5. The SMILES string of the molecule is CC(C)(C)OC(=O)[C@@H]1CCCN1C(=O)[C@@H](O)[C@H](Cc1ccccc1)NC(=O)[C@H](Cc1cnc[nH]1)NC(=O)OCc1ccccc1. The molecule has 1 fully saturated rings. The lowest BCUT2D eigenvalue weighted by Crippen LogP contribution is -2.58. The number of esters is 1. The van der Waals surface area contributed by atoms with Gasteiger partial charge in [-0.1, -0.05) is 60.7 Å². The fourth-order valence-corrected chi connectivity index (χ4v) is 5.11. The van der Waals surface area contributed by atoms with Crippen molar-refractivity contribution in [3.63, 3.8) is 0 Å². The van der Waals surface area contributed by atoms with Crippen molar-refractivity contribution in [2.45, 2.75) is 82.9 Å². The molecule has 4 atom stereocenters. The number of aliphatic hydroxyl groups excluding tert-OH is 1. The van der Waals surface area contributed by atoms with E-state index in [1.54, 1.807) is 20.8 Å². The van der Waals surface area contributed by atoms with Gasteiger partial charge in [0.1, 0.15) is 24.3 Å². The summed E-state index contributed by atoms with van der Waals surface area (Å²) in [5.41, 5.74) is 1.38. The lowest BCUT2D eigenvalue weighted by Gasteiger charge is -2.32. The van der Waals surface area contributed by atoms with E-state index in [1.807, 2.05) is 60.7 Å². The van der Waals surface area contributed by atoms with Crippen molar-refractivity contribution < 1.29 is 33.8 Å². The maximum Gasteiger partial charge on any atom is 0.408 e. The highest BCUT2D eigenvalue weighted by Gasteiger charge is 2.41. The van der Waals surface area contributed by atoms with Crippen molar-refractivity contribution in [1.82, 2.24) is 25.5 Å². The van der Waals surface area contributed by atoms with E-state index < -0.39 is 53.7 Å². The monoisotopic (exact) mass is 619 g/mol. The fraction of sp³-hybridized carbons (Fsp3) is 0.424. The van der Waals surface area contributed by atoms with Gasteiger partial charge in [-0.25, -0.2) is 14.6 Å². The van der Waals surface area contributed by atoms with Gasteiger partial charge < -0.3 is 35.1 Å². The molecule has 1 aliphatic rings. The highest BCUT2D eigenvalue weighted by atomic mass is 16.6. The van der Waals surface area contributed by atoms with E-state index in [0.29, 0.717) is 18.5 Å². The second kappa shape index (κ2) is 15.3. The number of benzene rings is 2. The number of imidazole rings is 1. The van der Waals surface area contributed by atoms with Gasteiger partial charge in [0.15, 0.2) is 6.10 Å². The van der Waals surface area contributed by atoms with Gasteiger partial charge in [-0.15, -0.1) is 0 Å². The summed E-state index contributed by atoms with van der Waals surface area (Å²) >= 11 is 0. The number of likely N-dealkylation sites (tertiary alicyclic amines) is 1. The van der Waals surface area contributed by atoms with Crippen LogP contribution in [0.1, 0.15) is 50.4 Å². The summed E-state index contributed by atoms with van der Waals surface area (Å²) in [6, 6.07) is 15.1. The van der Waals surface area contributed by atoms with Crippen LogP contribution in [-0.4, -0.2) is 80.2 Å². The largest absolute Gasteiger partial charge is 0.458 e. The van der Waals surface area contributed by atoms with Gasteiger partial charge in [0.25, 0.3) is 5.91 Å². The summed E-state index contributed by atoms with van der Waals surface area (Å²) in [6.45, 7) is 5.51. The number of hydrogen-bond acceptors (Lipinski definition) is 8. The van der Waals surface area contributed by atoms with Crippen molar-refractivity contribution in [2.75, 3.05) is 6.54 Å². The van der Waals surface area contributed by atoms with Crippen molar-refractivity contribution in [1.29, 1.82) is 0 Å². The third-order valence-electron chi connectivity index (χ3n) is 7.28. The summed E-state index contributed by atoms with van der Waals surface area (Å²) in [5.74, 6) is -1.87. The first kappa shape index (κ1) is 33.2. The molecule has 45 heavy (non-hydrogen) atoms. The lowest BCUT2D eigenvalue weighted by atomic mass is 9.99. The molecule has 4 N–H and O–H groups in total. The number of carbonyl (C=O) groups excluding carboxylic acids is 4. The molecule has 1 saturated heterocycles. The molecule has 0 spiro atoms. The normalized spacial score (nSPS) is 16.7. The van der Waals surface area contributed by atoms with Crippen LogP contribution in [-0.2, 0) is 43.3 Å². The lowest BCUT2D eigenvalue weighted by molar-refractivity contribution is -0.165.